The highest BCUT2D eigenvalue weighted by atomic mass is 35.5. The predicted octanol–water partition coefficient (Wildman–Crippen LogP) is 6.90. The molecule has 0 atom stereocenters. The fourth-order valence-corrected chi connectivity index (χ4v) is 5.00. The molecule has 0 saturated heterocycles. The second-order valence-electron chi connectivity index (χ2n) is 11.3. The third-order valence-corrected chi connectivity index (χ3v) is 7.82. The van der Waals surface area contributed by atoms with Gasteiger partial charge >= 0.3 is 12.1 Å². The molecule has 14 heteroatoms. The molecule has 0 heterocycles. The summed E-state index contributed by atoms with van der Waals surface area (Å²) in [4.78, 5) is 50.0. The first-order valence-electron chi connectivity index (χ1n) is 13.9. The van der Waals surface area contributed by atoms with Gasteiger partial charge in [0.05, 0.1) is 27.4 Å². The number of ether oxygens (including phenoxy) is 1. The molecule has 1 saturated carbocycles. The first-order valence-corrected chi connectivity index (χ1v) is 14.7. The third-order valence-electron chi connectivity index (χ3n) is 7.27. The molecule has 3 N–H and O–H groups in total. The molecule has 4 rings (SSSR count). The van der Waals surface area contributed by atoms with Crippen LogP contribution in [0.5, 0.6) is 5.75 Å². The summed E-state index contributed by atoms with van der Waals surface area (Å²) in [6.07, 6.45) is -3.74. The lowest BCUT2D eigenvalue weighted by Gasteiger charge is -2.37. The quantitative estimate of drug-likeness (QED) is 0.0971. The zero-order valence-electron chi connectivity index (χ0n) is 24.8. The Hall–Kier alpha value is -4.60. The van der Waals surface area contributed by atoms with Crippen LogP contribution < -0.4 is 15.4 Å². The molecule has 2 amide bonds. The lowest BCUT2D eigenvalue weighted by atomic mass is 9.68. The highest BCUT2D eigenvalue weighted by molar-refractivity contribution is 6.34. The lowest BCUT2D eigenvalue weighted by molar-refractivity contribution is -0.162. The van der Waals surface area contributed by atoms with Crippen LogP contribution in [0.15, 0.2) is 54.6 Å². The van der Waals surface area contributed by atoms with E-state index in [1.807, 2.05) is 0 Å². The van der Waals surface area contributed by atoms with Crippen LogP contribution in [0.3, 0.4) is 0 Å². The number of anilines is 1. The average Bonchev–Trinajstić information content (AvgIpc) is 2.94. The van der Waals surface area contributed by atoms with Gasteiger partial charge in [0.15, 0.2) is 12.4 Å². The number of aliphatic carboxylic acids is 1. The van der Waals surface area contributed by atoms with Crippen molar-refractivity contribution in [3.05, 3.63) is 92.7 Å². The number of carboxylic acid groups (broad SMARTS) is 1. The van der Waals surface area contributed by atoms with E-state index in [9.17, 15) is 41.8 Å². The second-order valence-corrected chi connectivity index (χ2v) is 12.1. The van der Waals surface area contributed by atoms with Gasteiger partial charge in [0, 0.05) is 16.1 Å². The van der Waals surface area contributed by atoms with Crippen LogP contribution in [-0.2, 0) is 20.6 Å². The summed E-state index contributed by atoms with van der Waals surface area (Å²) in [7, 11) is 0. The van der Waals surface area contributed by atoms with Gasteiger partial charge in [-0.25, -0.2) is 4.39 Å². The number of halogens is 6. The van der Waals surface area contributed by atoms with Gasteiger partial charge in [0.1, 0.15) is 17.0 Å². The number of carboxylic acids is 1. The fraction of sp³-hybridized carbons (Fsp3) is 0.273. The Morgan fingerprint density at radius 3 is 2.30 bits per heavy atom. The molecule has 246 valence electrons. The molecule has 0 unspecified atom stereocenters. The van der Waals surface area contributed by atoms with Crippen molar-refractivity contribution < 1.29 is 46.6 Å². The predicted molar refractivity (Wildman–Crippen MR) is 165 cm³/mol. The van der Waals surface area contributed by atoms with Gasteiger partial charge in [-0.05, 0) is 81.3 Å². The number of rotatable bonds is 9. The van der Waals surface area contributed by atoms with Gasteiger partial charge in [0.25, 0.3) is 5.91 Å². The first kappa shape index (κ1) is 35.3. The van der Waals surface area contributed by atoms with Crippen molar-refractivity contribution in [3.8, 4) is 17.6 Å². The Balaban J connectivity index is 1.42. The van der Waals surface area contributed by atoms with Crippen molar-refractivity contribution in [1.82, 2.24) is 5.32 Å². The molecule has 47 heavy (non-hydrogen) atoms. The lowest BCUT2D eigenvalue weighted by Crippen LogP contribution is -2.56. The van der Waals surface area contributed by atoms with Crippen molar-refractivity contribution in [2.45, 2.75) is 44.8 Å². The van der Waals surface area contributed by atoms with Gasteiger partial charge in [0.2, 0.25) is 5.91 Å². The van der Waals surface area contributed by atoms with E-state index in [0.717, 1.165) is 6.07 Å². The van der Waals surface area contributed by atoms with Crippen molar-refractivity contribution in [2.75, 3.05) is 11.9 Å². The number of carbonyl (C=O) groups excluding carboxylic acids is 3. The molecule has 8 nitrogen and oxygen atoms in total. The molecule has 1 aliphatic rings. The molecule has 3 aromatic rings. The zero-order chi connectivity index (χ0) is 34.7. The molecule has 1 fully saturated rings. The Morgan fingerprint density at radius 2 is 1.70 bits per heavy atom. The van der Waals surface area contributed by atoms with Gasteiger partial charge < -0.3 is 20.5 Å². The van der Waals surface area contributed by atoms with E-state index in [4.69, 9.17) is 27.9 Å². The summed E-state index contributed by atoms with van der Waals surface area (Å²) in [5, 5.41) is 14.8. The number of amides is 2. The smallest absolute Gasteiger partial charge is 0.416 e. The van der Waals surface area contributed by atoms with Gasteiger partial charge in [-0.3, -0.25) is 19.2 Å². The molecule has 0 spiro atoms. The topological polar surface area (TPSA) is 122 Å². The van der Waals surface area contributed by atoms with Crippen molar-refractivity contribution in [3.63, 3.8) is 0 Å². The molecule has 0 radical (unpaired) electrons. The van der Waals surface area contributed by atoms with E-state index in [-0.39, 0.29) is 46.0 Å². The van der Waals surface area contributed by atoms with Crippen molar-refractivity contribution >= 4 is 52.5 Å². The molecule has 3 aromatic carbocycles. The van der Waals surface area contributed by atoms with Crippen LogP contribution in [0, 0.1) is 23.1 Å². The van der Waals surface area contributed by atoms with E-state index in [0.29, 0.717) is 24.1 Å². The minimum atomic E-state index is -4.90. The average molecular weight is 693 g/mol. The van der Waals surface area contributed by atoms with Crippen molar-refractivity contribution in [2.24, 2.45) is 5.41 Å². The Kier molecular flexibility index (Phi) is 10.2. The van der Waals surface area contributed by atoms with Gasteiger partial charge in [-0.15, -0.1) is 0 Å². The number of carbonyl (C=O) groups is 4. The van der Waals surface area contributed by atoms with E-state index in [1.165, 1.54) is 24.3 Å². The first-order chi connectivity index (χ1) is 21.9. The minimum absolute atomic E-state index is 0.0425. The normalized spacial score (nSPS) is 13.8. The van der Waals surface area contributed by atoms with Crippen LogP contribution in [0.2, 0.25) is 10.0 Å². The van der Waals surface area contributed by atoms with E-state index >= 15 is 0 Å². The van der Waals surface area contributed by atoms with E-state index in [1.54, 1.807) is 19.9 Å². The van der Waals surface area contributed by atoms with Crippen LogP contribution in [-0.4, -0.2) is 40.8 Å². The molecule has 1 aliphatic carbocycles. The summed E-state index contributed by atoms with van der Waals surface area (Å²) in [5.74, 6) is 0.783. The Labute approximate surface area is 276 Å². The number of benzene rings is 3. The van der Waals surface area contributed by atoms with Crippen LogP contribution >= 0.6 is 23.2 Å². The number of alkyl halides is 3. The molecular weight excluding hydrogens is 667 g/mol. The largest absolute Gasteiger partial charge is 0.483 e. The molecule has 0 aliphatic heterocycles. The van der Waals surface area contributed by atoms with E-state index < -0.39 is 64.2 Å². The number of nitrogens with one attached hydrogen (secondary N) is 2. The monoisotopic (exact) mass is 692 g/mol. The summed E-state index contributed by atoms with van der Waals surface area (Å²) < 4.78 is 59.0. The summed E-state index contributed by atoms with van der Waals surface area (Å²) in [6.45, 7) is 2.60. The number of hydrogen-bond acceptors (Lipinski definition) is 5. The van der Waals surface area contributed by atoms with Gasteiger partial charge in [-0.2, -0.15) is 13.2 Å². The van der Waals surface area contributed by atoms with Crippen LogP contribution in [0.25, 0.3) is 0 Å². The highest BCUT2D eigenvalue weighted by Gasteiger charge is 2.52. The zero-order valence-corrected chi connectivity index (χ0v) is 26.3. The van der Waals surface area contributed by atoms with Crippen LogP contribution in [0.4, 0.5) is 23.2 Å². The second kappa shape index (κ2) is 13.6. The SMILES string of the molecule is CC(C)(C#Cc1ccc(NC(=O)COc2ccc(Cl)cc2C(=O)c2cc(F)cc(C(F)(F)F)c2)c(Cl)c1)NC(=O)C1(C(=O)O)CCC1. The third kappa shape index (κ3) is 8.41. The van der Waals surface area contributed by atoms with Gasteiger partial charge in [-0.1, -0.05) is 41.5 Å². The van der Waals surface area contributed by atoms with E-state index in [2.05, 4.69) is 22.5 Å². The molecule has 0 aromatic heterocycles. The fourth-order valence-electron chi connectivity index (χ4n) is 4.60. The number of ketones is 1. The maximum Gasteiger partial charge on any atom is 0.416 e. The maximum atomic E-state index is 13.9. The number of hydrogen-bond donors (Lipinski definition) is 3. The molecular formula is C33H26Cl2F4N2O6. The highest BCUT2D eigenvalue weighted by Crippen LogP contribution is 2.41. The molecule has 0 bridgehead atoms. The maximum absolute atomic E-state index is 13.9. The summed E-state index contributed by atoms with van der Waals surface area (Å²) in [5.41, 5.74) is -4.16. The Morgan fingerprint density at radius 1 is 1.00 bits per heavy atom. The van der Waals surface area contributed by atoms with Crippen LogP contribution in [0.1, 0.15) is 60.2 Å². The Bertz CT molecular complexity index is 1830. The van der Waals surface area contributed by atoms with Crippen molar-refractivity contribution in [1.29, 1.82) is 0 Å². The standard InChI is InChI=1S/C33H26Cl2F4N2O6/c1-31(2,41-29(44)32(30(45)46)9-3-10-32)11-8-18-4-6-25(24(35)12-18)40-27(42)17-47-26-7-5-21(34)16-23(26)28(43)19-13-20(33(37,38)39)15-22(36)14-19/h4-7,12-16H,3,9-10,17H2,1-2H3,(H,40,42)(H,41,44)(H,45,46). The minimum Gasteiger partial charge on any atom is -0.483 e. The summed E-state index contributed by atoms with van der Waals surface area (Å²) >= 11 is 12.3. The summed E-state index contributed by atoms with van der Waals surface area (Å²) in [6, 6.07) is 9.56.